The Morgan fingerprint density at radius 1 is 1.21 bits per heavy atom. The molecule has 5 unspecified atom stereocenters. The Labute approximate surface area is 195 Å². The number of carboxylic acids is 2. The van der Waals surface area contributed by atoms with Gasteiger partial charge in [-0.05, 0) is 76.0 Å². The van der Waals surface area contributed by atoms with Gasteiger partial charge < -0.3 is 21.3 Å². The van der Waals surface area contributed by atoms with Crippen molar-refractivity contribution in [1.29, 1.82) is 0 Å². The van der Waals surface area contributed by atoms with Crippen LogP contribution in [0.15, 0.2) is 23.8 Å². The maximum atomic E-state index is 12.3. The number of carboxylic acid groups (broad SMARTS) is 2. The van der Waals surface area contributed by atoms with Crippen molar-refractivity contribution in [2.45, 2.75) is 84.6 Å². The molecule has 8 heteroatoms. The normalized spacial score (nSPS) is 30.8. The van der Waals surface area contributed by atoms with Crippen LogP contribution in [0.2, 0.25) is 0 Å². The van der Waals surface area contributed by atoms with E-state index in [1.54, 1.807) is 0 Å². The first-order chi connectivity index (χ1) is 15.3. The van der Waals surface area contributed by atoms with Gasteiger partial charge in [-0.2, -0.15) is 0 Å². The molecule has 33 heavy (non-hydrogen) atoms. The number of nitrogens with one attached hydrogen (secondary N) is 1. The minimum absolute atomic E-state index is 0.0622. The monoisotopic (exact) mass is 462 g/mol. The standard InChI is InChI=1S/C25H38N2O6/c1-15(14-21(29)27-18(22(30)31)9-11-20(26)28)6-8-17-16(2)7-10-19-24(17,3)12-5-13-25(19,4)23(32)33/h14,17-19H,2,5-13H2,1,3-4H3,(H2,26,28)(H,27,29)(H,30,31)(H,32,33). The van der Waals surface area contributed by atoms with E-state index in [9.17, 15) is 29.4 Å². The summed E-state index contributed by atoms with van der Waals surface area (Å²) in [6.07, 6.45) is 6.79. The van der Waals surface area contributed by atoms with Gasteiger partial charge in [-0.25, -0.2) is 4.79 Å². The molecule has 0 heterocycles. The Bertz CT molecular complexity index is 850. The molecule has 0 aromatic carbocycles. The molecule has 2 fully saturated rings. The number of carbonyl (C=O) groups excluding carboxylic acids is 2. The zero-order chi connectivity index (χ0) is 25.0. The van der Waals surface area contributed by atoms with Crippen LogP contribution in [0.4, 0.5) is 0 Å². The van der Waals surface area contributed by atoms with Crippen LogP contribution in [0.1, 0.15) is 78.6 Å². The molecule has 8 nitrogen and oxygen atoms in total. The van der Waals surface area contributed by atoms with Crippen LogP contribution < -0.4 is 11.1 Å². The van der Waals surface area contributed by atoms with Gasteiger partial charge in [-0.1, -0.05) is 31.1 Å². The molecule has 184 valence electrons. The van der Waals surface area contributed by atoms with Crippen molar-refractivity contribution in [2.75, 3.05) is 0 Å². The highest BCUT2D eigenvalue weighted by Crippen LogP contribution is 2.62. The molecule has 0 radical (unpaired) electrons. The van der Waals surface area contributed by atoms with Gasteiger partial charge in [0.25, 0.3) is 0 Å². The molecule has 0 bridgehead atoms. The topological polar surface area (TPSA) is 147 Å². The third kappa shape index (κ3) is 6.03. The Hall–Kier alpha value is -2.64. The van der Waals surface area contributed by atoms with E-state index in [0.717, 1.165) is 43.3 Å². The van der Waals surface area contributed by atoms with E-state index in [4.69, 9.17) is 5.73 Å². The molecule has 0 aromatic rings. The fourth-order valence-corrected chi connectivity index (χ4v) is 6.16. The number of nitrogens with two attached hydrogens (primary N) is 1. The van der Waals surface area contributed by atoms with Crippen LogP contribution in [-0.2, 0) is 19.2 Å². The third-order valence-electron chi connectivity index (χ3n) is 8.01. The quantitative estimate of drug-likeness (QED) is 0.289. The molecule has 0 saturated heterocycles. The predicted octanol–water partition coefficient (Wildman–Crippen LogP) is 3.41. The molecular weight excluding hydrogens is 424 g/mol. The van der Waals surface area contributed by atoms with Gasteiger partial charge in [-0.3, -0.25) is 14.4 Å². The summed E-state index contributed by atoms with van der Waals surface area (Å²) in [5, 5.41) is 21.6. The van der Waals surface area contributed by atoms with Crippen molar-refractivity contribution in [1.82, 2.24) is 5.32 Å². The first kappa shape index (κ1) is 26.6. The summed E-state index contributed by atoms with van der Waals surface area (Å²) in [4.78, 5) is 46.7. The number of rotatable bonds is 10. The van der Waals surface area contributed by atoms with E-state index in [-0.39, 0.29) is 30.1 Å². The van der Waals surface area contributed by atoms with Crippen molar-refractivity contribution in [3.05, 3.63) is 23.8 Å². The fraction of sp³-hybridized carbons (Fsp3) is 0.680. The van der Waals surface area contributed by atoms with Crippen molar-refractivity contribution in [3.63, 3.8) is 0 Å². The lowest BCUT2D eigenvalue weighted by molar-refractivity contribution is -0.164. The zero-order valence-electron chi connectivity index (χ0n) is 20.0. The van der Waals surface area contributed by atoms with Crippen LogP contribution in [0.25, 0.3) is 0 Å². The van der Waals surface area contributed by atoms with Gasteiger partial charge in [0.1, 0.15) is 6.04 Å². The average molecular weight is 463 g/mol. The molecule has 0 aromatic heterocycles. The summed E-state index contributed by atoms with van der Waals surface area (Å²) in [5.74, 6) is -2.82. The number of carbonyl (C=O) groups is 4. The minimum Gasteiger partial charge on any atom is -0.481 e. The molecule has 5 atom stereocenters. The van der Waals surface area contributed by atoms with Gasteiger partial charge in [0.05, 0.1) is 5.41 Å². The van der Waals surface area contributed by atoms with E-state index in [2.05, 4.69) is 18.8 Å². The molecule has 2 saturated carbocycles. The first-order valence-electron chi connectivity index (χ1n) is 11.7. The maximum absolute atomic E-state index is 12.3. The summed E-state index contributed by atoms with van der Waals surface area (Å²) in [6, 6.07) is -1.18. The number of fused-ring (bicyclic) bond motifs is 1. The highest BCUT2D eigenvalue weighted by molar-refractivity contribution is 5.91. The summed E-state index contributed by atoms with van der Waals surface area (Å²) in [5.41, 5.74) is 6.15. The van der Waals surface area contributed by atoms with Crippen molar-refractivity contribution >= 4 is 23.8 Å². The van der Waals surface area contributed by atoms with Crippen LogP contribution in [0.3, 0.4) is 0 Å². The van der Waals surface area contributed by atoms with Crippen molar-refractivity contribution < 1.29 is 29.4 Å². The molecule has 0 aliphatic heterocycles. The summed E-state index contributed by atoms with van der Waals surface area (Å²) in [6.45, 7) is 10.2. The fourth-order valence-electron chi connectivity index (χ4n) is 6.16. The Kier molecular flexibility index (Phi) is 8.49. The largest absolute Gasteiger partial charge is 0.481 e. The Morgan fingerprint density at radius 3 is 2.45 bits per heavy atom. The van der Waals surface area contributed by atoms with Crippen LogP contribution >= 0.6 is 0 Å². The second-order valence-corrected chi connectivity index (χ2v) is 10.3. The van der Waals surface area contributed by atoms with Crippen molar-refractivity contribution in [2.24, 2.45) is 28.4 Å². The number of amides is 2. The molecule has 5 N–H and O–H groups in total. The minimum atomic E-state index is -1.22. The van der Waals surface area contributed by atoms with Crippen LogP contribution in [0.5, 0.6) is 0 Å². The second kappa shape index (κ2) is 10.5. The van der Waals surface area contributed by atoms with E-state index < -0.39 is 35.2 Å². The summed E-state index contributed by atoms with van der Waals surface area (Å²) < 4.78 is 0. The van der Waals surface area contributed by atoms with Crippen LogP contribution in [-0.4, -0.2) is 40.0 Å². The highest BCUT2D eigenvalue weighted by atomic mass is 16.4. The lowest BCUT2D eigenvalue weighted by Gasteiger charge is -2.57. The van der Waals surface area contributed by atoms with Crippen molar-refractivity contribution in [3.8, 4) is 0 Å². The number of allylic oxidation sites excluding steroid dienone is 2. The SMILES string of the molecule is C=C1CCC2C(C)(C(=O)O)CCCC2(C)C1CCC(C)=CC(=O)NC(CCC(N)=O)C(=O)O. The lowest BCUT2D eigenvalue weighted by Crippen LogP contribution is -2.53. The van der Waals surface area contributed by atoms with E-state index in [1.165, 1.54) is 6.08 Å². The molecular formula is C25H38N2O6. The number of hydrogen-bond donors (Lipinski definition) is 4. The predicted molar refractivity (Wildman–Crippen MR) is 124 cm³/mol. The second-order valence-electron chi connectivity index (χ2n) is 10.3. The van der Waals surface area contributed by atoms with Gasteiger partial charge >= 0.3 is 11.9 Å². The van der Waals surface area contributed by atoms with E-state index in [0.29, 0.717) is 12.8 Å². The summed E-state index contributed by atoms with van der Waals surface area (Å²) >= 11 is 0. The van der Waals surface area contributed by atoms with E-state index in [1.807, 2.05) is 13.8 Å². The Morgan fingerprint density at radius 2 is 1.88 bits per heavy atom. The Balaban J connectivity index is 2.07. The highest BCUT2D eigenvalue weighted by Gasteiger charge is 2.57. The maximum Gasteiger partial charge on any atom is 0.326 e. The lowest BCUT2D eigenvalue weighted by atomic mass is 9.46. The van der Waals surface area contributed by atoms with Gasteiger partial charge in [0.2, 0.25) is 11.8 Å². The molecule has 0 spiro atoms. The van der Waals surface area contributed by atoms with Crippen LogP contribution in [0, 0.1) is 22.7 Å². The third-order valence-corrected chi connectivity index (χ3v) is 8.01. The average Bonchev–Trinajstić information content (AvgIpc) is 2.69. The molecule has 2 rings (SSSR count). The van der Waals surface area contributed by atoms with Gasteiger partial charge in [-0.15, -0.1) is 0 Å². The molecule has 2 aliphatic rings. The van der Waals surface area contributed by atoms with E-state index >= 15 is 0 Å². The number of aliphatic carboxylic acids is 2. The molecule has 2 amide bonds. The number of primary amides is 1. The zero-order valence-corrected chi connectivity index (χ0v) is 20.0. The van der Waals surface area contributed by atoms with Gasteiger partial charge in [0, 0.05) is 12.5 Å². The number of hydrogen-bond acceptors (Lipinski definition) is 4. The first-order valence-corrected chi connectivity index (χ1v) is 11.7. The van der Waals surface area contributed by atoms with Gasteiger partial charge in [0.15, 0.2) is 0 Å². The summed E-state index contributed by atoms with van der Waals surface area (Å²) in [7, 11) is 0. The molecule has 2 aliphatic carbocycles. The smallest absolute Gasteiger partial charge is 0.326 e.